The molecule has 0 N–H and O–H groups in total. The third-order valence-corrected chi connectivity index (χ3v) is 3.32. The summed E-state index contributed by atoms with van der Waals surface area (Å²) in [7, 11) is 2.09. The fraction of sp³-hybridized carbons (Fsp3) is 0.500. The standard InChI is InChI=1S/C12H15ClN2O/c1-15-6-4-9(5-7-15)12(16)10-2-3-11(13)14-8-10/h2-3,8-9H,4-7H2,1H3. The van der Waals surface area contributed by atoms with Crippen LogP contribution in [0.3, 0.4) is 0 Å². The maximum Gasteiger partial charge on any atom is 0.167 e. The summed E-state index contributed by atoms with van der Waals surface area (Å²) in [5.41, 5.74) is 0.680. The van der Waals surface area contributed by atoms with Crippen LogP contribution in [-0.2, 0) is 0 Å². The highest BCUT2D eigenvalue weighted by molar-refractivity contribution is 6.29. The minimum atomic E-state index is 0.152. The van der Waals surface area contributed by atoms with Gasteiger partial charge in [0.15, 0.2) is 5.78 Å². The summed E-state index contributed by atoms with van der Waals surface area (Å²) < 4.78 is 0. The molecule has 0 aliphatic carbocycles. The second-order valence-electron chi connectivity index (χ2n) is 4.31. The Kier molecular flexibility index (Phi) is 3.56. The number of piperidine rings is 1. The van der Waals surface area contributed by atoms with Gasteiger partial charge in [-0.15, -0.1) is 0 Å². The molecule has 1 aliphatic rings. The van der Waals surface area contributed by atoms with Gasteiger partial charge in [-0.25, -0.2) is 4.98 Å². The molecule has 1 saturated heterocycles. The molecule has 4 heteroatoms. The maximum absolute atomic E-state index is 12.1. The Hall–Kier alpha value is -0.930. The van der Waals surface area contributed by atoms with E-state index in [4.69, 9.17) is 11.6 Å². The van der Waals surface area contributed by atoms with E-state index in [1.54, 1.807) is 18.3 Å². The van der Waals surface area contributed by atoms with E-state index < -0.39 is 0 Å². The second kappa shape index (κ2) is 4.93. The van der Waals surface area contributed by atoms with Crippen molar-refractivity contribution in [2.45, 2.75) is 12.8 Å². The average Bonchev–Trinajstić information content (AvgIpc) is 2.30. The maximum atomic E-state index is 12.1. The Balaban J connectivity index is 2.05. The van der Waals surface area contributed by atoms with E-state index in [0.717, 1.165) is 25.9 Å². The Morgan fingerprint density at radius 1 is 1.44 bits per heavy atom. The van der Waals surface area contributed by atoms with Crippen molar-refractivity contribution < 1.29 is 4.79 Å². The Morgan fingerprint density at radius 3 is 2.69 bits per heavy atom. The SMILES string of the molecule is CN1CCC(C(=O)c2ccc(Cl)nc2)CC1. The summed E-state index contributed by atoms with van der Waals surface area (Å²) in [5.74, 6) is 0.358. The van der Waals surface area contributed by atoms with Gasteiger partial charge in [-0.1, -0.05) is 11.6 Å². The first-order valence-corrected chi connectivity index (χ1v) is 5.89. The number of aromatic nitrogens is 1. The summed E-state index contributed by atoms with van der Waals surface area (Å²) in [4.78, 5) is 18.3. The van der Waals surface area contributed by atoms with E-state index in [-0.39, 0.29) is 11.7 Å². The van der Waals surface area contributed by atoms with Crippen LogP contribution in [0.4, 0.5) is 0 Å². The average molecular weight is 239 g/mol. The number of Topliss-reactive ketones (excluding diaryl/α,β-unsaturated/α-hetero) is 1. The fourth-order valence-electron chi connectivity index (χ4n) is 2.03. The molecular formula is C12H15ClN2O. The number of likely N-dealkylation sites (tertiary alicyclic amines) is 1. The Bertz CT molecular complexity index is 369. The van der Waals surface area contributed by atoms with E-state index in [2.05, 4.69) is 16.9 Å². The highest BCUT2D eigenvalue weighted by atomic mass is 35.5. The number of pyridine rings is 1. The van der Waals surface area contributed by atoms with E-state index in [9.17, 15) is 4.79 Å². The first kappa shape index (κ1) is 11.6. The monoisotopic (exact) mass is 238 g/mol. The van der Waals surface area contributed by atoms with Crippen LogP contribution in [0, 0.1) is 5.92 Å². The van der Waals surface area contributed by atoms with Crippen molar-refractivity contribution in [3.8, 4) is 0 Å². The Labute approximate surface area is 100 Å². The molecule has 0 bridgehead atoms. The normalized spacial score (nSPS) is 18.6. The summed E-state index contributed by atoms with van der Waals surface area (Å²) >= 11 is 5.69. The van der Waals surface area contributed by atoms with Crippen molar-refractivity contribution in [3.05, 3.63) is 29.0 Å². The third kappa shape index (κ3) is 2.60. The van der Waals surface area contributed by atoms with Gasteiger partial charge in [0.2, 0.25) is 0 Å². The van der Waals surface area contributed by atoms with Gasteiger partial charge in [-0.05, 0) is 45.1 Å². The van der Waals surface area contributed by atoms with Crippen LogP contribution >= 0.6 is 11.6 Å². The largest absolute Gasteiger partial charge is 0.306 e. The zero-order valence-corrected chi connectivity index (χ0v) is 10.1. The molecule has 1 aliphatic heterocycles. The van der Waals surface area contributed by atoms with Gasteiger partial charge in [0, 0.05) is 17.7 Å². The van der Waals surface area contributed by atoms with Crippen molar-refractivity contribution >= 4 is 17.4 Å². The molecule has 0 radical (unpaired) electrons. The van der Waals surface area contributed by atoms with Crippen LogP contribution in [0.25, 0.3) is 0 Å². The van der Waals surface area contributed by atoms with E-state index in [0.29, 0.717) is 10.7 Å². The minimum absolute atomic E-state index is 0.152. The van der Waals surface area contributed by atoms with Crippen molar-refractivity contribution in [3.63, 3.8) is 0 Å². The number of carbonyl (C=O) groups excluding carboxylic acids is 1. The van der Waals surface area contributed by atoms with Crippen molar-refractivity contribution in [1.82, 2.24) is 9.88 Å². The molecule has 2 heterocycles. The van der Waals surface area contributed by atoms with Crippen LogP contribution in [0.5, 0.6) is 0 Å². The lowest BCUT2D eigenvalue weighted by Gasteiger charge is -2.27. The van der Waals surface area contributed by atoms with Gasteiger partial charge < -0.3 is 4.90 Å². The molecular weight excluding hydrogens is 224 g/mol. The zero-order valence-electron chi connectivity index (χ0n) is 9.32. The lowest BCUT2D eigenvalue weighted by Crippen LogP contribution is -2.33. The van der Waals surface area contributed by atoms with Gasteiger partial charge in [-0.3, -0.25) is 4.79 Å². The fourth-order valence-corrected chi connectivity index (χ4v) is 2.14. The van der Waals surface area contributed by atoms with Gasteiger partial charge in [0.25, 0.3) is 0 Å². The van der Waals surface area contributed by atoms with Crippen LogP contribution in [-0.4, -0.2) is 35.8 Å². The Morgan fingerprint density at radius 2 is 2.12 bits per heavy atom. The molecule has 0 unspecified atom stereocenters. The van der Waals surface area contributed by atoms with E-state index in [1.807, 2.05) is 0 Å². The summed E-state index contributed by atoms with van der Waals surface area (Å²) in [6.07, 6.45) is 3.46. The molecule has 16 heavy (non-hydrogen) atoms. The highest BCUT2D eigenvalue weighted by Gasteiger charge is 2.24. The number of halogens is 1. The van der Waals surface area contributed by atoms with Gasteiger partial charge in [0.05, 0.1) is 0 Å². The quantitative estimate of drug-likeness (QED) is 0.585. The summed E-state index contributed by atoms with van der Waals surface area (Å²) in [6, 6.07) is 3.43. The zero-order chi connectivity index (χ0) is 11.5. The number of ketones is 1. The molecule has 0 amide bonds. The molecule has 1 aromatic rings. The van der Waals surface area contributed by atoms with Crippen LogP contribution in [0.15, 0.2) is 18.3 Å². The predicted octanol–water partition coefficient (Wildman–Crippen LogP) is 2.26. The van der Waals surface area contributed by atoms with Crippen LogP contribution in [0.2, 0.25) is 5.15 Å². The van der Waals surface area contributed by atoms with Gasteiger partial charge in [-0.2, -0.15) is 0 Å². The minimum Gasteiger partial charge on any atom is -0.306 e. The lowest BCUT2D eigenvalue weighted by molar-refractivity contribution is 0.0856. The van der Waals surface area contributed by atoms with E-state index >= 15 is 0 Å². The van der Waals surface area contributed by atoms with Gasteiger partial charge in [0.1, 0.15) is 5.15 Å². The van der Waals surface area contributed by atoms with Crippen molar-refractivity contribution in [2.75, 3.05) is 20.1 Å². The number of rotatable bonds is 2. The first-order valence-electron chi connectivity index (χ1n) is 5.51. The number of nitrogens with zero attached hydrogens (tertiary/aromatic N) is 2. The molecule has 0 spiro atoms. The molecule has 0 atom stereocenters. The van der Waals surface area contributed by atoms with Crippen molar-refractivity contribution in [2.24, 2.45) is 5.92 Å². The predicted molar refractivity (Wildman–Crippen MR) is 63.8 cm³/mol. The number of hydrogen-bond donors (Lipinski definition) is 0. The first-order chi connectivity index (χ1) is 7.66. The molecule has 2 rings (SSSR count). The smallest absolute Gasteiger partial charge is 0.167 e. The molecule has 0 aromatic carbocycles. The summed E-state index contributed by atoms with van der Waals surface area (Å²) in [5, 5.41) is 0.430. The summed E-state index contributed by atoms with van der Waals surface area (Å²) in [6.45, 7) is 1.99. The third-order valence-electron chi connectivity index (χ3n) is 3.10. The van der Waals surface area contributed by atoms with E-state index in [1.165, 1.54) is 0 Å². The van der Waals surface area contributed by atoms with Crippen molar-refractivity contribution in [1.29, 1.82) is 0 Å². The molecule has 0 saturated carbocycles. The van der Waals surface area contributed by atoms with Gasteiger partial charge >= 0.3 is 0 Å². The number of carbonyl (C=O) groups is 1. The lowest BCUT2D eigenvalue weighted by atomic mass is 9.90. The van der Waals surface area contributed by atoms with Crippen LogP contribution < -0.4 is 0 Å². The second-order valence-corrected chi connectivity index (χ2v) is 4.70. The number of hydrogen-bond acceptors (Lipinski definition) is 3. The molecule has 1 aromatic heterocycles. The molecule has 1 fully saturated rings. The topological polar surface area (TPSA) is 33.2 Å². The van der Waals surface area contributed by atoms with Crippen LogP contribution in [0.1, 0.15) is 23.2 Å². The highest BCUT2D eigenvalue weighted by Crippen LogP contribution is 2.21. The molecule has 86 valence electrons. The molecule has 3 nitrogen and oxygen atoms in total.